The van der Waals surface area contributed by atoms with Crippen molar-refractivity contribution in [1.29, 1.82) is 0 Å². The molecule has 2 nitrogen and oxygen atoms in total. The van der Waals surface area contributed by atoms with Crippen LogP contribution in [0, 0.1) is 0 Å². The highest BCUT2D eigenvalue weighted by atomic mass is 28.4. The van der Waals surface area contributed by atoms with Crippen molar-refractivity contribution in [1.82, 2.24) is 0 Å². The number of benzene rings is 1. The lowest BCUT2D eigenvalue weighted by atomic mass is 10.2. The van der Waals surface area contributed by atoms with E-state index in [1.807, 2.05) is 38.1 Å². The van der Waals surface area contributed by atoms with Gasteiger partial charge in [0.25, 0.3) is 8.32 Å². The molecule has 0 unspecified atom stereocenters. The van der Waals surface area contributed by atoms with Gasteiger partial charge in [0.15, 0.2) is 5.75 Å². The summed E-state index contributed by atoms with van der Waals surface area (Å²) in [4.78, 5) is 0. The summed E-state index contributed by atoms with van der Waals surface area (Å²) in [5.74, 6) is 1.72. The summed E-state index contributed by atoms with van der Waals surface area (Å²) in [6, 6.07) is 7.95. The molecular weight excluding hydrogens is 240 g/mol. The fraction of sp³-hybridized carbons (Fsp3) is 0.600. The first-order chi connectivity index (χ1) is 8.13. The third-order valence-electron chi connectivity index (χ3n) is 3.38. The maximum Gasteiger partial charge on any atom is 0.250 e. The molecule has 1 aromatic carbocycles. The van der Waals surface area contributed by atoms with Crippen molar-refractivity contribution in [2.75, 3.05) is 0 Å². The second-order valence-electron chi connectivity index (χ2n) is 6.48. The standard InChI is InChI=1S/C15H26O2Si/c1-12(2)16-13-10-8-9-11-14(13)17-18(6,7)15(3,4)5/h8-12H,1-7H3. The molecule has 0 N–H and O–H groups in total. The average molecular weight is 266 g/mol. The highest BCUT2D eigenvalue weighted by molar-refractivity contribution is 6.74. The Morgan fingerprint density at radius 2 is 1.50 bits per heavy atom. The first kappa shape index (κ1) is 15.1. The molecule has 0 aliphatic rings. The van der Waals surface area contributed by atoms with E-state index in [4.69, 9.17) is 9.16 Å². The fourth-order valence-electron chi connectivity index (χ4n) is 1.31. The normalized spacial score (nSPS) is 12.7. The molecular formula is C15H26O2Si. The largest absolute Gasteiger partial charge is 0.541 e. The summed E-state index contributed by atoms with van der Waals surface area (Å²) in [6.45, 7) is 15.3. The highest BCUT2D eigenvalue weighted by Crippen LogP contribution is 2.39. The van der Waals surface area contributed by atoms with E-state index in [0.717, 1.165) is 11.5 Å². The summed E-state index contributed by atoms with van der Waals surface area (Å²) in [7, 11) is -1.81. The Balaban J connectivity index is 2.97. The zero-order chi connectivity index (χ0) is 14.0. The first-order valence-electron chi connectivity index (χ1n) is 6.58. The molecule has 0 spiro atoms. The molecule has 0 bridgehead atoms. The molecule has 1 aromatic rings. The molecule has 1 rings (SSSR count). The smallest absolute Gasteiger partial charge is 0.250 e. The number of para-hydroxylation sites is 2. The third kappa shape index (κ3) is 3.77. The second-order valence-corrected chi connectivity index (χ2v) is 11.2. The van der Waals surface area contributed by atoms with Gasteiger partial charge in [0, 0.05) is 0 Å². The van der Waals surface area contributed by atoms with Crippen molar-refractivity contribution < 1.29 is 9.16 Å². The topological polar surface area (TPSA) is 18.5 Å². The molecule has 0 saturated heterocycles. The Kier molecular flexibility index (Phi) is 4.49. The number of hydrogen-bond donors (Lipinski definition) is 0. The predicted octanol–water partition coefficient (Wildman–Crippen LogP) is 4.86. The van der Waals surface area contributed by atoms with Crippen LogP contribution in [0.3, 0.4) is 0 Å². The van der Waals surface area contributed by atoms with Crippen LogP contribution in [-0.4, -0.2) is 14.4 Å². The van der Waals surface area contributed by atoms with Crippen molar-refractivity contribution in [3.05, 3.63) is 24.3 Å². The van der Waals surface area contributed by atoms with Crippen molar-refractivity contribution >= 4 is 8.32 Å². The van der Waals surface area contributed by atoms with Crippen molar-refractivity contribution in [2.24, 2.45) is 0 Å². The van der Waals surface area contributed by atoms with E-state index >= 15 is 0 Å². The molecule has 0 radical (unpaired) electrons. The monoisotopic (exact) mass is 266 g/mol. The van der Waals surface area contributed by atoms with E-state index in [1.54, 1.807) is 0 Å². The van der Waals surface area contributed by atoms with Gasteiger partial charge in [-0.3, -0.25) is 0 Å². The van der Waals surface area contributed by atoms with E-state index in [2.05, 4.69) is 33.9 Å². The lowest BCUT2D eigenvalue weighted by Crippen LogP contribution is -2.44. The van der Waals surface area contributed by atoms with E-state index in [-0.39, 0.29) is 11.1 Å². The molecule has 0 aliphatic heterocycles. The molecule has 0 aliphatic carbocycles. The summed E-state index contributed by atoms with van der Waals surface area (Å²) in [6.07, 6.45) is 0.161. The molecule has 0 saturated carbocycles. The molecule has 0 heterocycles. The summed E-state index contributed by atoms with van der Waals surface area (Å²) in [5.41, 5.74) is 0. The SMILES string of the molecule is CC(C)Oc1ccccc1O[Si](C)(C)C(C)(C)C. The van der Waals surface area contributed by atoms with Crippen molar-refractivity contribution in [3.8, 4) is 11.5 Å². The molecule has 0 amide bonds. The van der Waals surface area contributed by atoms with Gasteiger partial charge in [-0.25, -0.2) is 0 Å². The minimum absolute atomic E-state index is 0.161. The first-order valence-corrected chi connectivity index (χ1v) is 9.49. The molecule has 0 fully saturated rings. The van der Waals surface area contributed by atoms with E-state index in [0.29, 0.717) is 0 Å². The van der Waals surface area contributed by atoms with Gasteiger partial charge in [-0.1, -0.05) is 32.9 Å². The number of hydrogen-bond acceptors (Lipinski definition) is 2. The van der Waals surface area contributed by atoms with Gasteiger partial charge in [-0.2, -0.15) is 0 Å². The quantitative estimate of drug-likeness (QED) is 0.725. The van der Waals surface area contributed by atoms with Crippen LogP contribution < -0.4 is 9.16 Å². The molecule has 18 heavy (non-hydrogen) atoms. The van der Waals surface area contributed by atoms with Crippen molar-refractivity contribution in [2.45, 2.75) is 58.9 Å². The van der Waals surface area contributed by atoms with Gasteiger partial charge in [-0.05, 0) is 44.1 Å². The molecule has 3 heteroatoms. The van der Waals surface area contributed by atoms with Crippen LogP contribution in [0.1, 0.15) is 34.6 Å². The van der Waals surface area contributed by atoms with E-state index in [1.165, 1.54) is 0 Å². The molecule has 0 atom stereocenters. The average Bonchev–Trinajstić information content (AvgIpc) is 2.18. The van der Waals surface area contributed by atoms with Gasteiger partial charge >= 0.3 is 0 Å². The zero-order valence-electron chi connectivity index (χ0n) is 12.7. The minimum atomic E-state index is -1.81. The van der Waals surface area contributed by atoms with Crippen LogP contribution in [0.15, 0.2) is 24.3 Å². The summed E-state index contributed by atoms with van der Waals surface area (Å²) < 4.78 is 12.1. The maximum atomic E-state index is 6.31. The Morgan fingerprint density at radius 1 is 1.00 bits per heavy atom. The zero-order valence-corrected chi connectivity index (χ0v) is 13.7. The number of rotatable bonds is 4. The van der Waals surface area contributed by atoms with Gasteiger partial charge in [-0.15, -0.1) is 0 Å². The van der Waals surface area contributed by atoms with Crippen LogP contribution >= 0.6 is 0 Å². The van der Waals surface area contributed by atoms with Crippen molar-refractivity contribution in [3.63, 3.8) is 0 Å². The van der Waals surface area contributed by atoms with Gasteiger partial charge in [0.05, 0.1) is 6.10 Å². The van der Waals surface area contributed by atoms with Gasteiger partial charge in [0.2, 0.25) is 0 Å². The van der Waals surface area contributed by atoms with Crippen LogP contribution in [0.4, 0.5) is 0 Å². The summed E-state index contributed by atoms with van der Waals surface area (Å²) in [5, 5.41) is 0.192. The fourth-order valence-corrected chi connectivity index (χ4v) is 2.34. The Hall–Kier alpha value is -0.963. The van der Waals surface area contributed by atoms with Gasteiger partial charge < -0.3 is 9.16 Å². The Labute approximate surface area is 112 Å². The van der Waals surface area contributed by atoms with Crippen LogP contribution in [-0.2, 0) is 0 Å². The maximum absolute atomic E-state index is 6.31. The third-order valence-corrected chi connectivity index (χ3v) is 7.73. The lowest BCUT2D eigenvalue weighted by Gasteiger charge is -2.36. The van der Waals surface area contributed by atoms with Crippen LogP contribution in [0.2, 0.25) is 18.1 Å². The van der Waals surface area contributed by atoms with Crippen LogP contribution in [0.25, 0.3) is 0 Å². The van der Waals surface area contributed by atoms with Crippen LogP contribution in [0.5, 0.6) is 11.5 Å². The predicted molar refractivity (Wildman–Crippen MR) is 80.0 cm³/mol. The Bertz CT molecular complexity index is 392. The lowest BCUT2D eigenvalue weighted by molar-refractivity contribution is 0.235. The van der Waals surface area contributed by atoms with Gasteiger partial charge in [0.1, 0.15) is 5.75 Å². The molecule has 102 valence electrons. The second kappa shape index (κ2) is 5.35. The molecule has 0 aromatic heterocycles. The highest BCUT2D eigenvalue weighted by Gasteiger charge is 2.39. The summed E-state index contributed by atoms with van der Waals surface area (Å²) >= 11 is 0. The Morgan fingerprint density at radius 3 is 1.94 bits per heavy atom. The van der Waals surface area contributed by atoms with E-state index in [9.17, 15) is 0 Å². The minimum Gasteiger partial charge on any atom is -0.541 e. The van der Waals surface area contributed by atoms with E-state index < -0.39 is 8.32 Å². The number of ether oxygens (including phenoxy) is 1.